The summed E-state index contributed by atoms with van der Waals surface area (Å²) >= 11 is 0. The standard InChI is InChI=1S/C15H16O6/c1-5-14(20-10(3)17)13-7-6-12(19-9(2)16)8-15(13)21-11(4)18/h5-8,14H,1H2,2-4H3. The third-order valence-electron chi connectivity index (χ3n) is 2.31. The van der Waals surface area contributed by atoms with Gasteiger partial charge < -0.3 is 14.2 Å². The Morgan fingerprint density at radius 2 is 1.67 bits per heavy atom. The van der Waals surface area contributed by atoms with Crippen molar-refractivity contribution in [2.75, 3.05) is 0 Å². The molecule has 0 N–H and O–H groups in total. The summed E-state index contributed by atoms with van der Waals surface area (Å²) in [7, 11) is 0. The Hall–Kier alpha value is -2.63. The van der Waals surface area contributed by atoms with Gasteiger partial charge in [-0.1, -0.05) is 6.58 Å². The van der Waals surface area contributed by atoms with E-state index in [4.69, 9.17) is 14.2 Å². The molecule has 0 aliphatic rings. The number of hydrogen-bond acceptors (Lipinski definition) is 6. The Labute approximate surface area is 122 Å². The fraction of sp³-hybridized carbons (Fsp3) is 0.267. The van der Waals surface area contributed by atoms with Crippen molar-refractivity contribution in [1.29, 1.82) is 0 Å². The van der Waals surface area contributed by atoms with Crippen LogP contribution in [0.2, 0.25) is 0 Å². The fourth-order valence-electron chi connectivity index (χ4n) is 1.64. The van der Waals surface area contributed by atoms with Gasteiger partial charge in [-0.2, -0.15) is 0 Å². The molecule has 21 heavy (non-hydrogen) atoms. The maximum Gasteiger partial charge on any atom is 0.308 e. The monoisotopic (exact) mass is 292 g/mol. The first kappa shape index (κ1) is 16.4. The van der Waals surface area contributed by atoms with Crippen molar-refractivity contribution >= 4 is 17.9 Å². The Morgan fingerprint density at radius 3 is 2.14 bits per heavy atom. The van der Waals surface area contributed by atoms with Crippen molar-refractivity contribution in [1.82, 2.24) is 0 Å². The van der Waals surface area contributed by atoms with Crippen LogP contribution in [-0.4, -0.2) is 17.9 Å². The van der Waals surface area contributed by atoms with Crippen LogP contribution in [0.4, 0.5) is 0 Å². The summed E-state index contributed by atoms with van der Waals surface area (Å²) in [6.07, 6.45) is 0.623. The van der Waals surface area contributed by atoms with Crippen molar-refractivity contribution in [3.63, 3.8) is 0 Å². The van der Waals surface area contributed by atoms with Crippen LogP contribution in [0.3, 0.4) is 0 Å². The second-order valence-corrected chi connectivity index (χ2v) is 4.15. The van der Waals surface area contributed by atoms with Crippen molar-refractivity contribution in [3.05, 3.63) is 36.4 Å². The summed E-state index contributed by atoms with van der Waals surface area (Å²) < 4.78 is 15.1. The van der Waals surface area contributed by atoms with Crippen molar-refractivity contribution in [2.45, 2.75) is 26.9 Å². The van der Waals surface area contributed by atoms with E-state index < -0.39 is 24.0 Å². The number of carbonyl (C=O) groups excluding carboxylic acids is 3. The van der Waals surface area contributed by atoms with Crippen molar-refractivity contribution in [3.8, 4) is 11.5 Å². The number of esters is 3. The Bertz CT molecular complexity index is 576. The average molecular weight is 292 g/mol. The fourth-order valence-corrected chi connectivity index (χ4v) is 1.64. The summed E-state index contributed by atoms with van der Waals surface area (Å²) in [4.78, 5) is 33.2. The molecule has 0 aromatic heterocycles. The second-order valence-electron chi connectivity index (χ2n) is 4.15. The minimum Gasteiger partial charge on any atom is -0.453 e. The lowest BCUT2D eigenvalue weighted by atomic mass is 10.1. The average Bonchev–Trinajstić information content (AvgIpc) is 2.35. The van der Waals surface area contributed by atoms with Gasteiger partial charge in [-0.25, -0.2) is 0 Å². The highest BCUT2D eigenvalue weighted by Crippen LogP contribution is 2.32. The third-order valence-corrected chi connectivity index (χ3v) is 2.31. The molecular formula is C15H16O6. The highest BCUT2D eigenvalue weighted by Gasteiger charge is 2.18. The van der Waals surface area contributed by atoms with E-state index in [1.54, 1.807) is 0 Å². The summed E-state index contributed by atoms with van der Waals surface area (Å²) in [6, 6.07) is 4.41. The molecule has 1 aromatic carbocycles. The first-order valence-electron chi connectivity index (χ1n) is 6.14. The molecule has 112 valence electrons. The van der Waals surface area contributed by atoms with Crippen LogP contribution in [0.5, 0.6) is 11.5 Å². The largest absolute Gasteiger partial charge is 0.453 e. The van der Waals surface area contributed by atoms with E-state index in [0.29, 0.717) is 5.56 Å². The zero-order chi connectivity index (χ0) is 16.0. The van der Waals surface area contributed by atoms with Gasteiger partial charge in [0.1, 0.15) is 17.6 Å². The number of carbonyl (C=O) groups is 3. The molecule has 0 saturated heterocycles. The zero-order valence-corrected chi connectivity index (χ0v) is 12.0. The number of ether oxygens (including phenoxy) is 3. The molecule has 0 heterocycles. The van der Waals surface area contributed by atoms with Crippen LogP contribution >= 0.6 is 0 Å². The lowest BCUT2D eigenvalue weighted by Gasteiger charge is -2.17. The molecular weight excluding hydrogens is 276 g/mol. The van der Waals surface area contributed by atoms with Crippen LogP contribution in [0.25, 0.3) is 0 Å². The topological polar surface area (TPSA) is 78.9 Å². The maximum absolute atomic E-state index is 11.2. The predicted molar refractivity (Wildman–Crippen MR) is 73.8 cm³/mol. The summed E-state index contributed by atoms with van der Waals surface area (Å²) in [6.45, 7) is 7.33. The van der Waals surface area contributed by atoms with Crippen LogP contribution in [0, 0.1) is 0 Å². The Balaban J connectivity index is 3.21. The first-order valence-corrected chi connectivity index (χ1v) is 6.14. The molecule has 0 radical (unpaired) electrons. The van der Waals surface area contributed by atoms with Gasteiger partial charge in [-0.3, -0.25) is 14.4 Å². The molecule has 0 bridgehead atoms. The summed E-state index contributed by atoms with van der Waals surface area (Å²) in [5.41, 5.74) is 0.423. The lowest BCUT2D eigenvalue weighted by molar-refractivity contribution is -0.144. The number of hydrogen-bond donors (Lipinski definition) is 0. The molecule has 6 heteroatoms. The number of rotatable bonds is 5. The number of benzene rings is 1. The van der Waals surface area contributed by atoms with E-state index in [9.17, 15) is 14.4 Å². The van der Waals surface area contributed by atoms with E-state index in [1.807, 2.05) is 0 Å². The third kappa shape index (κ3) is 5.10. The molecule has 1 rings (SSSR count). The van der Waals surface area contributed by atoms with Gasteiger partial charge in [-0.05, 0) is 18.2 Å². The SMILES string of the molecule is C=CC(OC(C)=O)c1ccc(OC(C)=O)cc1OC(C)=O. The minimum absolute atomic E-state index is 0.132. The molecule has 6 nitrogen and oxygen atoms in total. The molecule has 1 aromatic rings. The van der Waals surface area contributed by atoms with E-state index in [0.717, 1.165) is 0 Å². The van der Waals surface area contributed by atoms with Gasteiger partial charge in [0.05, 0.1) is 0 Å². The summed E-state index contributed by atoms with van der Waals surface area (Å²) in [5, 5.41) is 0. The van der Waals surface area contributed by atoms with Gasteiger partial charge in [0.15, 0.2) is 0 Å². The van der Waals surface area contributed by atoms with Gasteiger partial charge in [-0.15, -0.1) is 0 Å². The van der Waals surface area contributed by atoms with Gasteiger partial charge in [0.25, 0.3) is 0 Å². The first-order chi connectivity index (χ1) is 9.83. The van der Waals surface area contributed by atoms with E-state index in [2.05, 4.69) is 6.58 Å². The molecule has 0 saturated carbocycles. The maximum atomic E-state index is 11.2. The lowest BCUT2D eigenvalue weighted by Crippen LogP contribution is -2.11. The van der Waals surface area contributed by atoms with Gasteiger partial charge in [0, 0.05) is 32.4 Å². The second kappa shape index (κ2) is 7.23. The molecule has 0 aliphatic carbocycles. The smallest absolute Gasteiger partial charge is 0.308 e. The molecule has 0 spiro atoms. The van der Waals surface area contributed by atoms with Gasteiger partial charge in [0.2, 0.25) is 0 Å². The van der Waals surface area contributed by atoms with Crippen LogP contribution in [0.1, 0.15) is 32.4 Å². The van der Waals surface area contributed by atoms with Crippen molar-refractivity contribution < 1.29 is 28.6 Å². The van der Waals surface area contributed by atoms with E-state index in [-0.39, 0.29) is 11.5 Å². The zero-order valence-electron chi connectivity index (χ0n) is 12.0. The molecule has 1 atom stereocenters. The predicted octanol–water partition coefficient (Wildman–Crippen LogP) is 2.33. The highest BCUT2D eigenvalue weighted by atomic mass is 16.6. The van der Waals surface area contributed by atoms with Gasteiger partial charge >= 0.3 is 17.9 Å². The van der Waals surface area contributed by atoms with Crippen LogP contribution < -0.4 is 9.47 Å². The highest BCUT2D eigenvalue weighted by molar-refractivity contribution is 5.72. The quantitative estimate of drug-likeness (QED) is 0.471. The van der Waals surface area contributed by atoms with Crippen molar-refractivity contribution in [2.24, 2.45) is 0 Å². The van der Waals surface area contributed by atoms with E-state index in [1.165, 1.54) is 45.0 Å². The van der Waals surface area contributed by atoms with Crippen LogP contribution in [0.15, 0.2) is 30.9 Å². The Kier molecular flexibility index (Phi) is 5.66. The minimum atomic E-state index is -0.775. The van der Waals surface area contributed by atoms with Crippen LogP contribution in [-0.2, 0) is 19.1 Å². The van der Waals surface area contributed by atoms with E-state index >= 15 is 0 Å². The normalized spacial score (nSPS) is 11.2. The molecule has 0 fully saturated rings. The molecule has 1 unspecified atom stereocenters. The Morgan fingerprint density at radius 1 is 1.05 bits per heavy atom. The molecule has 0 amide bonds. The molecule has 0 aliphatic heterocycles. The summed E-state index contributed by atoms with van der Waals surface area (Å²) in [5.74, 6) is -1.21.